The quantitative estimate of drug-likeness (QED) is 0.742. The van der Waals surface area contributed by atoms with Gasteiger partial charge >= 0.3 is 0 Å². The Morgan fingerprint density at radius 3 is 2.41 bits per heavy atom. The van der Waals surface area contributed by atoms with Crippen molar-refractivity contribution in [3.05, 3.63) is 0 Å². The number of rotatable bonds is 2. The van der Waals surface area contributed by atoms with Crippen molar-refractivity contribution < 1.29 is 13.2 Å². The van der Waals surface area contributed by atoms with Gasteiger partial charge in [-0.1, -0.05) is 6.42 Å². The normalized spacial score (nSPS) is 32.6. The molecule has 0 amide bonds. The highest BCUT2D eigenvalue weighted by Crippen LogP contribution is 2.28. The van der Waals surface area contributed by atoms with Crippen LogP contribution in [0.15, 0.2) is 0 Å². The van der Waals surface area contributed by atoms with E-state index in [4.69, 9.17) is 0 Å². The second kappa shape index (κ2) is 5.06. The highest BCUT2D eigenvalue weighted by Gasteiger charge is 2.33. The summed E-state index contributed by atoms with van der Waals surface area (Å²) in [6.07, 6.45) is 6.27. The van der Waals surface area contributed by atoms with Crippen LogP contribution in [0.5, 0.6) is 0 Å². The third-order valence-electron chi connectivity index (χ3n) is 4.08. The molecule has 1 aliphatic carbocycles. The molecule has 1 saturated heterocycles. The molecule has 0 aromatic rings. The van der Waals surface area contributed by atoms with Crippen molar-refractivity contribution >= 4 is 15.6 Å². The van der Waals surface area contributed by atoms with Crippen molar-refractivity contribution in [1.29, 1.82) is 0 Å². The number of ketones is 1. The Morgan fingerprint density at radius 1 is 1.18 bits per heavy atom. The first-order valence-corrected chi connectivity index (χ1v) is 8.37. The zero-order chi connectivity index (χ0) is 12.5. The minimum Gasteiger partial charge on any atom is -0.300 e. The van der Waals surface area contributed by atoms with Crippen LogP contribution in [0.3, 0.4) is 0 Å². The molecule has 4 nitrogen and oxygen atoms in total. The van der Waals surface area contributed by atoms with E-state index in [1.807, 2.05) is 0 Å². The smallest absolute Gasteiger partial charge is 0.150 e. The second-order valence-corrected chi connectivity index (χ2v) is 7.67. The molecule has 2 fully saturated rings. The number of carbonyl (C=O) groups excluding carboxylic acids is 1. The largest absolute Gasteiger partial charge is 0.300 e. The number of Topliss-reactive ketones (excluding diaryl/α,β-unsaturated/α-hetero) is 1. The zero-order valence-electron chi connectivity index (χ0n) is 10.4. The lowest BCUT2D eigenvalue weighted by molar-refractivity contribution is -0.122. The van der Waals surface area contributed by atoms with Crippen molar-refractivity contribution in [2.24, 2.45) is 0 Å². The van der Waals surface area contributed by atoms with E-state index < -0.39 is 9.84 Å². The first kappa shape index (κ1) is 13.0. The highest BCUT2D eigenvalue weighted by molar-refractivity contribution is 7.91. The van der Waals surface area contributed by atoms with E-state index in [2.05, 4.69) is 4.90 Å². The van der Waals surface area contributed by atoms with Crippen LogP contribution >= 0.6 is 0 Å². The summed E-state index contributed by atoms with van der Waals surface area (Å²) >= 11 is 0. The van der Waals surface area contributed by atoms with Crippen LogP contribution in [0.25, 0.3) is 0 Å². The molecular weight excluding hydrogens is 238 g/mol. The van der Waals surface area contributed by atoms with E-state index in [-0.39, 0.29) is 5.25 Å². The van der Waals surface area contributed by atoms with Crippen molar-refractivity contribution in [3.63, 3.8) is 0 Å². The van der Waals surface area contributed by atoms with Gasteiger partial charge in [0.2, 0.25) is 0 Å². The maximum Gasteiger partial charge on any atom is 0.150 e. The summed E-state index contributed by atoms with van der Waals surface area (Å²) in [5, 5.41) is -0.168. The van der Waals surface area contributed by atoms with Gasteiger partial charge in [-0.3, -0.25) is 9.69 Å². The molecule has 2 atom stereocenters. The van der Waals surface area contributed by atoms with E-state index in [9.17, 15) is 13.2 Å². The molecule has 0 N–H and O–H groups in total. The van der Waals surface area contributed by atoms with E-state index in [1.165, 1.54) is 6.26 Å². The summed E-state index contributed by atoms with van der Waals surface area (Å²) < 4.78 is 23.2. The lowest BCUT2D eigenvalue weighted by atomic mass is 9.92. The van der Waals surface area contributed by atoms with E-state index in [0.717, 1.165) is 38.8 Å². The van der Waals surface area contributed by atoms with Gasteiger partial charge in [0.1, 0.15) is 15.6 Å². The molecule has 0 bridgehead atoms. The summed E-state index contributed by atoms with van der Waals surface area (Å²) in [7, 11) is -2.90. The van der Waals surface area contributed by atoms with Crippen molar-refractivity contribution in [2.75, 3.05) is 19.3 Å². The predicted octanol–water partition coefficient (Wildman–Crippen LogP) is 1.01. The number of piperidine rings is 1. The van der Waals surface area contributed by atoms with E-state index in [0.29, 0.717) is 24.7 Å². The maximum atomic E-state index is 11.6. The molecule has 1 heterocycles. The monoisotopic (exact) mass is 259 g/mol. The van der Waals surface area contributed by atoms with Crippen molar-refractivity contribution in [2.45, 2.75) is 49.8 Å². The fourth-order valence-electron chi connectivity index (χ4n) is 2.98. The Labute approximate surface area is 103 Å². The molecule has 0 aromatic heterocycles. The highest BCUT2D eigenvalue weighted by atomic mass is 32.2. The first-order valence-electron chi connectivity index (χ1n) is 6.41. The van der Waals surface area contributed by atoms with E-state index in [1.54, 1.807) is 0 Å². The molecule has 2 rings (SSSR count). The summed E-state index contributed by atoms with van der Waals surface area (Å²) in [4.78, 5) is 13.5. The van der Waals surface area contributed by atoms with Gasteiger partial charge in [0.25, 0.3) is 0 Å². The van der Waals surface area contributed by atoms with E-state index >= 15 is 0 Å². The average Bonchev–Trinajstić information content (AvgIpc) is 2.29. The Hall–Kier alpha value is -0.420. The van der Waals surface area contributed by atoms with Crippen LogP contribution in [0.1, 0.15) is 38.5 Å². The number of hydrogen-bond acceptors (Lipinski definition) is 4. The van der Waals surface area contributed by atoms with Gasteiger partial charge in [-0.2, -0.15) is 0 Å². The Morgan fingerprint density at radius 2 is 1.82 bits per heavy atom. The fraction of sp³-hybridized carbons (Fsp3) is 0.917. The Bertz CT molecular complexity index is 381. The van der Waals surface area contributed by atoms with Crippen LogP contribution in [0.4, 0.5) is 0 Å². The molecule has 98 valence electrons. The number of likely N-dealkylation sites (tertiary alicyclic amines) is 1. The molecule has 5 heteroatoms. The average molecular weight is 259 g/mol. The standard InChI is InChI=1S/C12H21NO3S/c1-17(15,16)12-4-2-3-10(9-12)13-7-5-11(14)6-8-13/h10,12H,2-9H2,1H3. The third-order valence-corrected chi connectivity index (χ3v) is 5.72. The van der Waals surface area contributed by atoms with Gasteiger partial charge < -0.3 is 0 Å². The van der Waals surface area contributed by atoms with Crippen molar-refractivity contribution in [3.8, 4) is 0 Å². The summed E-state index contributed by atoms with van der Waals surface area (Å²) in [6, 6.07) is 0.372. The number of nitrogens with zero attached hydrogens (tertiary/aromatic N) is 1. The predicted molar refractivity (Wildman–Crippen MR) is 66.7 cm³/mol. The van der Waals surface area contributed by atoms with Crippen LogP contribution in [-0.2, 0) is 14.6 Å². The van der Waals surface area contributed by atoms with Crippen LogP contribution in [0.2, 0.25) is 0 Å². The molecule has 1 aliphatic heterocycles. The zero-order valence-corrected chi connectivity index (χ0v) is 11.2. The lowest BCUT2D eigenvalue weighted by Gasteiger charge is -2.38. The molecule has 0 aromatic carbocycles. The van der Waals surface area contributed by atoms with Gasteiger partial charge in [0.05, 0.1) is 5.25 Å². The summed E-state index contributed by atoms with van der Waals surface area (Å²) in [6.45, 7) is 1.64. The van der Waals surface area contributed by atoms with Crippen molar-refractivity contribution in [1.82, 2.24) is 4.90 Å². The lowest BCUT2D eigenvalue weighted by Crippen LogP contribution is -2.45. The first-order chi connectivity index (χ1) is 7.97. The topological polar surface area (TPSA) is 54.5 Å². The molecule has 0 spiro atoms. The SMILES string of the molecule is CS(=O)(=O)C1CCCC(N2CCC(=O)CC2)C1. The van der Waals surface area contributed by atoms with Crippen LogP contribution in [0, 0.1) is 0 Å². The van der Waals surface area contributed by atoms with Gasteiger partial charge in [-0.05, 0) is 19.3 Å². The van der Waals surface area contributed by atoms with Gasteiger partial charge in [-0.15, -0.1) is 0 Å². The fourth-order valence-corrected chi connectivity index (χ4v) is 4.15. The van der Waals surface area contributed by atoms with Gasteiger partial charge in [0.15, 0.2) is 0 Å². The number of sulfone groups is 1. The summed E-state index contributed by atoms with van der Waals surface area (Å²) in [5.41, 5.74) is 0. The molecular formula is C12H21NO3S. The number of hydrogen-bond donors (Lipinski definition) is 0. The minimum atomic E-state index is -2.90. The summed E-state index contributed by atoms with van der Waals surface area (Å²) in [5.74, 6) is 0.344. The number of carbonyl (C=O) groups is 1. The molecule has 0 radical (unpaired) electrons. The minimum absolute atomic E-state index is 0.168. The molecule has 17 heavy (non-hydrogen) atoms. The second-order valence-electron chi connectivity index (χ2n) is 5.35. The van der Waals surface area contributed by atoms with Gasteiger partial charge in [0, 0.05) is 38.2 Å². The molecule has 1 saturated carbocycles. The molecule has 2 unspecified atom stereocenters. The van der Waals surface area contributed by atoms with Gasteiger partial charge in [-0.25, -0.2) is 8.42 Å². The molecule has 2 aliphatic rings. The van der Waals surface area contributed by atoms with Crippen LogP contribution < -0.4 is 0 Å². The Kier molecular flexibility index (Phi) is 3.88. The van der Waals surface area contributed by atoms with Crippen LogP contribution in [-0.4, -0.2) is 49.7 Å². The third kappa shape index (κ3) is 3.28. The maximum absolute atomic E-state index is 11.6. The Balaban J connectivity index is 1.95.